The highest BCUT2D eigenvalue weighted by Gasteiger charge is 2.11. The number of nitrogens with two attached hydrogens (primary N) is 1. The number of carboxylic acids is 1. The van der Waals surface area contributed by atoms with Crippen molar-refractivity contribution in [3.8, 4) is 11.1 Å². The Balaban J connectivity index is 2.31. The number of aliphatic carboxylic acids is 1. The molecule has 3 heteroatoms. The molecule has 0 saturated carbocycles. The standard InChI is InChI=1S/C18H21NO2/c1-2-13-8-9-15(17(19)10-11-18(20)21)12-16(13)14-6-4-3-5-7-14/h3-9,12,17H,2,10-11,19H2,1H3,(H,20,21). The molecule has 2 aromatic rings. The van der Waals surface area contributed by atoms with Crippen LogP contribution in [0.5, 0.6) is 0 Å². The normalized spacial score (nSPS) is 12.1. The predicted octanol–water partition coefficient (Wildman–Crippen LogP) is 3.78. The van der Waals surface area contributed by atoms with Crippen LogP contribution in [-0.4, -0.2) is 11.1 Å². The molecule has 3 nitrogen and oxygen atoms in total. The van der Waals surface area contributed by atoms with Crippen molar-refractivity contribution in [2.75, 3.05) is 0 Å². The van der Waals surface area contributed by atoms with E-state index in [1.54, 1.807) is 0 Å². The van der Waals surface area contributed by atoms with Gasteiger partial charge in [0, 0.05) is 12.5 Å². The summed E-state index contributed by atoms with van der Waals surface area (Å²) in [5.74, 6) is -0.807. The van der Waals surface area contributed by atoms with E-state index in [1.165, 1.54) is 16.7 Å². The Labute approximate surface area is 125 Å². The van der Waals surface area contributed by atoms with Crippen LogP contribution in [0, 0.1) is 0 Å². The molecule has 110 valence electrons. The maximum absolute atomic E-state index is 10.7. The van der Waals surface area contributed by atoms with Crippen molar-refractivity contribution >= 4 is 5.97 Å². The molecule has 0 aliphatic rings. The average molecular weight is 283 g/mol. The first kappa shape index (κ1) is 15.3. The fourth-order valence-electron chi connectivity index (χ4n) is 2.47. The molecular formula is C18H21NO2. The second-order valence-corrected chi connectivity index (χ2v) is 5.18. The van der Waals surface area contributed by atoms with Gasteiger partial charge in [-0.1, -0.05) is 49.4 Å². The summed E-state index contributed by atoms with van der Waals surface area (Å²) < 4.78 is 0. The van der Waals surface area contributed by atoms with E-state index in [0.717, 1.165) is 12.0 Å². The molecule has 0 fully saturated rings. The number of carbonyl (C=O) groups is 1. The molecule has 0 aliphatic heterocycles. The molecule has 2 aromatic carbocycles. The number of benzene rings is 2. The number of hydrogen-bond acceptors (Lipinski definition) is 2. The van der Waals surface area contributed by atoms with Crippen LogP contribution in [0.25, 0.3) is 11.1 Å². The molecule has 0 aromatic heterocycles. The van der Waals surface area contributed by atoms with Gasteiger partial charge >= 0.3 is 5.97 Å². The highest BCUT2D eigenvalue weighted by molar-refractivity contribution is 5.69. The van der Waals surface area contributed by atoms with Gasteiger partial charge in [0.2, 0.25) is 0 Å². The Morgan fingerprint density at radius 2 is 1.90 bits per heavy atom. The zero-order valence-corrected chi connectivity index (χ0v) is 12.3. The summed E-state index contributed by atoms with van der Waals surface area (Å²) in [6, 6.07) is 16.2. The lowest BCUT2D eigenvalue weighted by molar-refractivity contribution is -0.137. The zero-order valence-electron chi connectivity index (χ0n) is 12.3. The minimum Gasteiger partial charge on any atom is -0.481 e. The minimum atomic E-state index is -0.807. The van der Waals surface area contributed by atoms with E-state index in [9.17, 15) is 4.79 Å². The van der Waals surface area contributed by atoms with Crippen LogP contribution in [0.15, 0.2) is 48.5 Å². The smallest absolute Gasteiger partial charge is 0.303 e. The summed E-state index contributed by atoms with van der Waals surface area (Å²) in [4.78, 5) is 10.7. The van der Waals surface area contributed by atoms with Crippen LogP contribution in [0.4, 0.5) is 0 Å². The molecule has 0 amide bonds. The van der Waals surface area contributed by atoms with E-state index in [2.05, 4.69) is 31.2 Å². The fourth-order valence-corrected chi connectivity index (χ4v) is 2.47. The van der Waals surface area contributed by atoms with Crippen molar-refractivity contribution in [1.82, 2.24) is 0 Å². The Bertz CT molecular complexity index is 608. The molecular weight excluding hydrogens is 262 g/mol. The van der Waals surface area contributed by atoms with Gasteiger partial charge in [0.25, 0.3) is 0 Å². The lowest BCUT2D eigenvalue weighted by Crippen LogP contribution is -2.12. The summed E-state index contributed by atoms with van der Waals surface area (Å²) >= 11 is 0. The van der Waals surface area contributed by atoms with Crippen molar-refractivity contribution in [2.45, 2.75) is 32.2 Å². The van der Waals surface area contributed by atoms with Gasteiger partial charge in [-0.15, -0.1) is 0 Å². The first-order chi connectivity index (χ1) is 10.1. The summed E-state index contributed by atoms with van der Waals surface area (Å²) in [6.07, 6.45) is 1.50. The van der Waals surface area contributed by atoms with Gasteiger partial charge in [0.05, 0.1) is 0 Å². The first-order valence-corrected chi connectivity index (χ1v) is 7.27. The number of rotatable bonds is 6. The second kappa shape index (κ2) is 7.04. The second-order valence-electron chi connectivity index (χ2n) is 5.18. The van der Waals surface area contributed by atoms with E-state index in [1.807, 2.05) is 24.3 Å². The Morgan fingerprint density at radius 1 is 1.19 bits per heavy atom. The van der Waals surface area contributed by atoms with Crippen molar-refractivity contribution in [1.29, 1.82) is 0 Å². The Hall–Kier alpha value is -2.13. The molecule has 0 bridgehead atoms. The van der Waals surface area contributed by atoms with Gasteiger partial charge in [0.1, 0.15) is 0 Å². The van der Waals surface area contributed by atoms with Crippen LogP contribution in [-0.2, 0) is 11.2 Å². The third kappa shape index (κ3) is 3.92. The van der Waals surface area contributed by atoms with Gasteiger partial charge in [0.15, 0.2) is 0 Å². The lowest BCUT2D eigenvalue weighted by atomic mass is 9.92. The summed E-state index contributed by atoms with van der Waals surface area (Å²) in [6.45, 7) is 2.13. The van der Waals surface area contributed by atoms with E-state index >= 15 is 0 Å². The molecule has 1 unspecified atom stereocenters. The van der Waals surface area contributed by atoms with E-state index in [4.69, 9.17) is 10.8 Å². The van der Waals surface area contributed by atoms with Crippen LogP contribution < -0.4 is 5.73 Å². The Kier molecular flexibility index (Phi) is 5.12. The molecule has 0 saturated heterocycles. The molecule has 0 spiro atoms. The largest absolute Gasteiger partial charge is 0.481 e. The molecule has 3 N–H and O–H groups in total. The van der Waals surface area contributed by atoms with E-state index < -0.39 is 5.97 Å². The van der Waals surface area contributed by atoms with Crippen LogP contribution >= 0.6 is 0 Å². The molecule has 0 radical (unpaired) electrons. The monoisotopic (exact) mass is 283 g/mol. The van der Waals surface area contributed by atoms with Crippen LogP contribution in [0.1, 0.15) is 36.9 Å². The molecule has 2 rings (SSSR count). The van der Waals surface area contributed by atoms with Crippen molar-refractivity contribution in [3.63, 3.8) is 0 Å². The maximum atomic E-state index is 10.7. The van der Waals surface area contributed by atoms with Gasteiger partial charge in [-0.25, -0.2) is 0 Å². The molecule has 21 heavy (non-hydrogen) atoms. The van der Waals surface area contributed by atoms with Crippen LogP contribution in [0.3, 0.4) is 0 Å². The lowest BCUT2D eigenvalue weighted by Gasteiger charge is -2.15. The van der Waals surface area contributed by atoms with Gasteiger partial charge in [-0.2, -0.15) is 0 Å². The Morgan fingerprint density at radius 3 is 2.52 bits per heavy atom. The van der Waals surface area contributed by atoms with Crippen molar-refractivity contribution in [2.24, 2.45) is 5.73 Å². The predicted molar refractivity (Wildman–Crippen MR) is 85.1 cm³/mol. The highest BCUT2D eigenvalue weighted by Crippen LogP contribution is 2.28. The summed E-state index contributed by atoms with van der Waals surface area (Å²) in [5.41, 5.74) is 10.7. The maximum Gasteiger partial charge on any atom is 0.303 e. The van der Waals surface area contributed by atoms with Gasteiger partial charge < -0.3 is 10.8 Å². The third-order valence-corrected chi connectivity index (χ3v) is 3.70. The molecule has 0 heterocycles. The van der Waals surface area contributed by atoms with E-state index in [-0.39, 0.29) is 12.5 Å². The SMILES string of the molecule is CCc1ccc(C(N)CCC(=O)O)cc1-c1ccccc1. The summed E-state index contributed by atoms with van der Waals surface area (Å²) in [7, 11) is 0. The quantitative estimate of drug-likeness (QED) is 0.848. The number of carboxylic acid groups (broad SMARTS) is 1. The zero-order chi connectivity index (χ0) is 15.2. The molecule has 0 aliphatic carbocycles. The van der Waals surface area contributed by atoms with Crippen LogP contribution in [0.2, 0.25) is 0 Å². The number of hydrogen-bond donors (Lipinski definition) is 2. The fraction of sp³-hybridized carbons (Fsp3) is 0.278. The summed E-state index contributed by atoms with van der Waals surface area (Å²) in [5, 5.41) is 8.77. The average Bonchev–Trinajstić information content (AvgIpc) is 2.52. The minimum absolute atomic E-state index is 0.0946. The number of aryl methyl sites for hydroxylation is 1. The first-order valence-electron chi connectivity index (χ1n) is 7.27. The van der Waals surface area contributed by atoms with Gasteiger partial charge in [-0.05, 0) is 41.2 Å². The van der Waals surface area contributed by atoms with Crippen molar-refractivity contribution < 1.29 is 9.90 Å². The van der Waals surface area contributed by atoms with Gasteiger partial charge in [-0.3, -0.25) is 4.79 Å². The van der Waals surface area contributed by atoms with Crippen molar-refractivity contribution in [3.05, 3.63) is 59.7 Å². The highest BCUT2D eigenvalue weighted by atomic mass is 16.4. The third-order valence-electron chi connectivity index (χ3n) is 3.70. The molecule has 1 atom stereocenters. The topological polar surface area (TPSA) is 63.3 Å². The van der Waals surface area contributed by atoms with E-state index in [0.29, 0.717) is 6.42 Å².